The van der Waals surface area contributed by atoms with Crippen LogP contribution in [0.25, 0.3) is 5.57 Å². The molecule has 2 rings (SSSR count). The topological polar surface area (TPSA) is 85.1 Å². The predicted octanol–water partition coefficient (Wildman–Crippen LogP) is 4.15. The fraction of sp³-hybridized carbons (Fsp3) is 0.227. The summed E-state index contributed by atoms with van der Waals surface area (Å²) in [7, 11) is 0. The predicted molar refractivity (Wildman–Crippen MR) is 113 cm³/mol. The van der Waals surface area contributed by atoms with Crippen LogP contribution in [0, 0.1) is 6.92 Å². The minimum absolute atomic E-state index is 0.00843. The van der Waals surface area contributed by atoms with Crippen molar-refractivity contribution in [2.45, 2.75) is 33.1 Å². The van der Waals surface area contributed by atoms with Crippen LogP contribution in [0.1, 0.15) is 48.0 Å². The fourth-order valence-corrected chi connectivity index (χ4v) is 2.73. The Balaban J connectivity index is 2.26. The van der Waals surface area contributed by atoms with Crippen LogP contribution in [0.4, 0.5) is 0 Å². The van der Waals surface area contributed by atoms with Crippen LogP contribution in [-0.4, -0.2) is 17.2 Å². The number of rotatable bonds is 5. The second-order valence-electron chi connectivity index (χ2n) is 7.42. The number of allylic oxidation sites excluding steroid dienone is 3. The Morgan fingerprint density at radius 2 is 1.79 bits per heavy atom. The summed E-state index contributed by atoms with van der Waals surface area (Å²) in [6.07, 6.45) is 3.35. The van der Waals surface area contributed by atoms with Gasteiger partial charge in [-0.05, 0) is 47.7 Å². The SMILES string of the molecule is Cc1ccc(Cl)nc1C(/C=C(\C=O)NC(=O)c1ccc(C(C)(C)C)cc1)=C/N. The first-order chi connectivity index (χ1) is 13.2. The number of nitrogens with zero attached hydrogens (tertiary/aromatic N) is 1. The molecule has 0 aliphatic heterocycles. The van der Waals surface area contributed by atoms with Gasteiger partial charge in [0.1, 0.15) is 5.15 Å². The number of carbonyl (C=O) groups excluding carboxylic acids is 2. The van der Waals surface area contributed by atoms with Crippen molar-refractivity contribution < 1.29 is 9.59 Å². The van der Waals surface area contributed by atoms with Gasteiger partial charge in [0.2, 0.25) is 0 Å². The number of halogens is 1. The second kappa shape index (κ2) is 8.85. The molecule has 0 unspecified atom stereocenters. The van der Waals surface area contributed by atoms with E-state index in [4.69, 9.17) is 17.3 Å². The smallest absolute Gasteiger partial charge is 0.255 e. The number of nitrogens with one attached hydrogen (secondary N) is 1. The molecule has 6 heteroatoms. The molecule has 1 heterocycles. The van der Waals surface area contributed by atoms with Crippen molar-refractivity contribution in [1.82, 2.24) is 10.3 Å². The summed E-state index contributed by atoms with van der Waals surface area (Å²) >= 11 is 5.96. The molecule has 146 valence electrons. The Hall–Kier alpha value is -2.92. The molecular weight excluding hydrogens is 374 g/mol. The van der Waals surface area contributed by atoms with Gasteiger partial charge in [-0.3, -0.25) is 9.59 Å². The molecule has 0 radical (unpaired) electrons. The van der Waals surface area contributed by atoms with Gasteiger partial charge in [-0.25, -0.2) is 4.98 Å². The lowest BCUT2D eigenvalue weighted by molar-refractivity contribution is -0.105. The van der Waals surface area contributed by atoms with E-state index in [-0.39, 0.29) is 17.0 Å². The zero-order chi connectivity index (χ0) is 20.9. The normalized spacial score (nSPS) is 12.6. The van der Waals surface area contributed by atoms with E-state index in [1.165, 1.54) is 12.3 Å². The molecule has 0 aliphatic rings. The first-order valence-corrected chi connectivity index (χ1v) is 9.17. The van der Waals surface area contributed by atoms with E-state index in [9.17, 15) is 9.59 Å². The third-order valence-corrected chi connectivity index (χ3v) is 4.44. The molecule has 1 amide bonds. The fourth-order valence-electron chi connectivity index (χ4n) is 2.58. The molecule has 2 aromatic rings. The number of benzene rings is 1. The van der Waals surface area contributed by atoms with E-state index in [0.29, 0.717) is 28.3 Å². The maximum Gasteiger partial charge on any atom is 0.255 e. The average molecular weight is 398 g/mol. The number of hydrogen-bond acceptors (Lipinski definition) is 4. The molecule has 0 atom stereocenters. The Labute approximate surface area is 170 Å². The van der Waals surface area contributed by atoms with Gasteiger partial charge in [-0.15, -0.1) is 0 Å². The van der Waals surface area contributed by atoms with Gasteiger partial charge in [0.05, 0.1) is 11.4 Å². The van der Waals surface area contributed by atoms with Crippen molar-refractivity contribution in [3.63, 3.8) is 0 Å². The summed E-state index contributed by atoms with van der Waals surface area (Å²) in [6.45, 7) is 8.15. The van der Waals surface area contributed by atoms with Crippen LogP contribution in [0.5, 0.6) is 0 Å². The molecule has 0 bridgehead atoms. The molecule has 0 spiro atoms. The number of hydrogen-bond donors (Lipinski definition) is 2. The maximum absolute atomic E-state index is 12.5. The van der Waals surface area contributed by atoms with Crippen LogP contribution in [0.15, 0.2) is 54.4 Å². The Morgan fingerprint density at radius 3 is 2.32 bits per heavy atom. The Kier molecular flexibility index (Phi) is 6.75. The number of aromatic nitrogens is 1. The summed E-state index contributed by atoms with van der Waals surface area (Å²) in [5, 5.41) is 2.92. The highest BCUT2D eigenvalue weighted by atomic mass is 35.5. The third-order valence-electron chi connectivity index (χ3n) is 4.22. The molecule has 1 aromatic heterocycles. The van der Waals surface area contributed by atoms with Gasteiger partial charge in [-0.1, -0.05) is 50.6 Å². The molecule has 1 aromatic carbocycles. The molecule has 0 saturated carbocycles. The van der Waals surface area contributed by atoms with Gasteiger partial charge in [-0.2, -0.15) is 0 Å². The lowest BCUT2D eigenvalue weighted by atomic mass is 9.87. The highest BCUT2D eigenvalue weighted by Crippen LogP contribution is 2.23. The van der Waals surface area contributed by atoms with Gasteiger partial charge >= 0.3 is 0 Å². The first-order valence-electron chi connectivity index (χ1n) is 8.80. The van der Waals surface area contributed by atoms with Crippen molar-refractivity contribution in [3.8, 4) is 0 Å². The lowest BCUT2D eigenvalue weighted by Gasteiger charge is -2.19. The quantitative estimate of drug-likeness (QED) is 0.343. The van der Waals surface area contributed by atoms with E-state index >= 15 is 0 Å². The maximum atomic E-state index is 12.5. The number of amides is 1. The van der Waals surface area contributed by atoms with Gasteiger partial charge in [0, 0.05) is 17.3 Å². The van der Waals surface area contributed by atoms with Crippen molar-refractivity contribution in [3.05, 3.63) is 81.9 Å². The van der Waals surface area contributed by atoms with E-state index in [1.807, 2.05) is 19.1 Å². The molecule has 28 heavy (non-hydrogen) atoms. The van der Waals surface area contributed by atoms with Crippen LogP contribution < -0.4 is 11.1 Å². The third kappa shape index (κ3) is 5.30. The summed E-state index contributed by atoms with van der Waals surface area (Å²) in [6, 6.07) is 10.8. The van der Waals surface area contributed by atoms with Crippen molar-refractivity contribution in [2.75, 3.05) is 0 Å². The molecule has 3 N–H and O–H groups in total. The van der Waals surface area contributed by atoms with Gasteiger partial charge < -0.3 is 11.1 Å². The number of nitrogens with two attached hydrogens (primary N) is 1. The van der Waals surface area contributed by atoms with Crippen LogP contribution in [0.3, 0.4) is 0 Å². The summed E-state index contributed by atoms with van der Waals surface area (Å²) in [4.78, 5) is 28.2. The highest BCUT2D eigenvalue weighted by molar-refractivity contribution is 6.29. The van der Waals surface area contributed by atoms with E-state index in [2.05, 4.69) is 31.1 Å². The lowest BCUT2D eigenvalue weighted by Crippen LogP contribution is -2.24. The first kappa shape index (κ1) is 21.4. The van der Waals surface area contributed by atoms with Crippen LogP contribution in [0.2, 0.25) is 5.15 Å². The molecule has 5 nitrogen and oxygen atoms in total. The summed E-state index contributed by atoms with van der Waals surface area (Å²) in [5.74, 6) is -0.383. The highest BCUT2D eigenvalue weighted by Gasteiger charge is 2.15. The minimum Gasteiger partial charge on any atom is -0.404 e. The average Bonchev–Trinajstić information content (AvgIpc) is 2.66. The van der Waals surface area contributed by atoms with Gasteiger partial charge in [0.15, 0.2) is 6.29 Å². The second-order valence-corrected chi connectivity index (χ2v) is 7.81. The van der Waals surface area contributed by atoms with Gasteiger partial charge in [0.25, 0.3) is 5.91 Å². The van der Waals surface area contributed by atoms with Crippen molar-refractivity contribution in [1.29, 1.82) is 0 Å². The largest absolute Gasteiger partial charge is 0.404 e. The zero-order valence-electron chi connectivity index (χ0n) is 16.4. The summed E-state index contributed by atoms with van der Waals surface area (Å²) < 4.78 is 0. The monoisotopic (exact) mass is 397 g/mol. The van der Waals surface area contributed by atoms with E-state index in [0.717, 1.165) is 11.1 Å². The number of aldehydes is 1. The van der Waals surface area contributed by atoms with Crippen molar-refractivity contribution in [2.24, 2.45) is 5.73 Å². The van der Waals surface area contributed by atoms with E-state index < -0.39 is 0 Å². The zero-order valence-corrected chi connectivity index (χ0v) is 17.2. The minimum atomic E-state index is -0.383. The van der Waals surface area contributed by atoms with E-state index in [1.54, 1.807) is 24.3 Å². The Morgan fingerprint density at radius 1 is 1.14 bits per heavy atom. The number of pyridine rings is 1. The molecular formula is C22H24ClN3O2. The number of carbonyl (C=O) groups is 2. The van der Waals surface area contributed by atoms with Crippen molar-refractivity contribution >= 4 is 29.4 Å². The standard InChI is InChI=1S/C22H24ClN3O2/c1-14-5-10-19(23)26-20(14)16(12-24)11-18(13-27)25-21(28)15-6-8-17(9-7-15)22(2,3)4/h5-13H,24H2,1-4H3,(H,25,28)/b16-12+,18-11+. The number of aryl methyl sites for hydroxylation is 1. The Bertz CT molecular complexity index is 939. The molecule has 0 fully saturated rings. The summed E-state index contributed by atoms with van der Waals surface area (Å²) in [5.41, 5.74) is 9.20. The molecule has 0 aliphatic carbocycles. The van der Waals surface area contributed by atoms with Crippen LogP contribution in [-0.2, 0) is 10.2 Å². The van der Waals surface area contributed by atoms with Crippen LogP contribution >= 0.6 is 11.6 Å². The molecule has 0 saturated heterocycles.